The van der Waals surface area contributed by atoms with Crippen LogP contribution in [-0.4, -0.2) is 46.7 Å². The van der Waals surface area contributed by atoms with Crippen molar-refractivity contribution >= 4 is 5.91 Å². The molecule has 0 bridgehead atoms. The average Bonchev–Trinajstić information content (AvgIpc) is 3.13. The number of nitrogens with one attached hydrogen (secondary N) is 1. The molecule has 1 fully saturated rings. The van der Waals surface area contributed by atoms with Crippen LogP contribution in [0.1, 0.15) is 54.2 Å². The van der Waals surface area contributed by atoms with E-state index in [1.807, 2.05) is 37.5 Å². The minimum Gasteiger partial charge on any atom is -0.360 e. The van der Waals surface area contributed by atoms with E-state index in [4.69, 9.17) is 4.52 Å². The molecule has 2 aromatic rings. The second-order valence-corrected chi connectivity index (χ2v) is 8.23. The highest BCUT2D eigenvalue weighted by Crippen LogP contribution is 2.22. The molecule has 148 valence electrons. The van der Waals surface area contributed by atoms with Gasteiger partial charge in [-0.1, -0.05) is 19.0 Å². The minimum absolute atomic E-state index is 0.0186. The van der Waals surface area contributed by atoms with Crippen LogP contribution in [0.3, 0.4) is 0 Å². The van der Waals surface area contributed by atoms with Gasteiger partial charge in [-0.3, -0.25) is 9.36 Å². The molecule has 1 aliphatic heterocycles. The van der Waals surface area contributed by atoms with E-state index < -0.39 is 0 Å². The zero-order valence-electron chi connectivity index (χ0n) is 17.2. The van der Waals surface area contributed by atoms with Crippen molar-refractivity contribution in [2.24, 2.45) is 11.8 Å². The Morgan fingerprint density at radius 3 is 2.56 bits per heavy atom. The van der Waals surface area contributed by atoms with E-state index in [-0.39, 0.29) is 5.91 Å². The van der Waals surface area contributed by atoms with Crippen molar-refractivity contribution in [2.75, 3.05) is 26.2 Å². The molecule has 1 saturated heterocycles. The SMILES string of the molecule is Cc1cc(-n2c(C)cc(C(=O)NCCCN3CC(C)CC(C)C3)c2C)no1. The van der Waals surface area contributed by atoms with Crippen molar-refractivity contribution in [3.63, 3.8) is 0 Å². The van der Waals surface area contributed by atoms with Gasteiger partial charge >= 0.3 is 0 Å². The second kappa shape index (κ2) is 8.30. The lowest BCUT2D eigenvalue weighted by Gasteiger charge is -2.34. The molecule has 1 amide bonds. The van der Waals surface area contributed by atoms with Crippen molar-refractivity contribution in [1.29, 1.82) is 0 Å². The predicted octanol–water partition coefficient (Wildman–Crippen LogP) is 3.49. The number of aromatic nitrogens is 2. The van der Waals surface area contributed by atoms with Gasteiger partial charge in [0.2, 0.25) is 0 Å². The maximum Gasteiger partial charge on any atom is 0.253 e. The number of rotatable bonds is 6. The molecule has 6 nitrogen and oxygen atoms in total. The first-order valence-electron chi connectivity index (χ1n) is 9.98. The van der Waals surface area contributed by atoms with E-state index in [1.165, 1.54) is 19.5 Å². The molecule has 3 heterocycles. The fraction of sp³-hybridized carbons (Fsp3) is 0.619. The quantitative estimate of drug-likeness (QED) is 0.789. The van der Waals surface area contributed by atoms with Gasteiger partial charge in [0, 0.05) is 37.1 Å². The van der Waals surface area contributed by atoms with Gasteiger partial charge in [-0.15, -0.1) is 0 Å². The van der Waals surface area contributed by atoms with Gasteiger partial charge in [0.25, 0.3) is 5.91 Å². The standard InChI is InChI=1S/C21H32N4O2/c1-14-9-15(2)13-24(12-14)8-6-7-22-21(26)19-10-16(3)25(18(19)5)20-11-17(4)27-23-20/h10-11,14-15H,6-9,12-13H2,1-5H3,(H,22,26). The van der Waals surface area contributed by atoms with Gasteiger partial charge in [0.15, 0.2) is 5.82 Å². The van der Waals surface area contributed by atoms with Gasteiger partial charge < -0.3 is 14.7 Å². The molecule has 2 unspecified atom stereocenters. The molecule has 3 rings (SSSR count). The Morgan fingerprint density at radius 1 is 1.22 bits per heavy atom. The Bertz CT molecular complexity index is 782. The van der Waals surface area contributed by atoms with Crippen LogP contribution in [0, 0.1) is 32.6 Å². The van der Waals surface area contributed by atoms with Crippen LogP contribution >= 0.6 is 0 Å². The fourth-order valence-electron chi connectivity index (χ4n) is 4.38. The predicted molar refractivity (Wildman–Crippen MR) is 106 cm³/mol. The summed E-state index contributed by atoms with van der Waals surface area (Å²) < 4.78 is 7.13. The molecule has 2 atom stereocenters. The Labute approximate surface area is 161 Å². The Kier molecular flexibility index (Phi) is 6.05. The van der Waals surface area contributed by atoms with Crippen molar-refractivity contribution in [3.8, 4) is 5.82 Å². The molecule has 1 N–H and O–H groups in total. The zero-order valence-corrected chi connectivity index (χ0v) is 17.2. The lowest BCUT2D eigenvalue weighted by molar-refractivity contribution is 0.0946. The van der Waals surface area contributed by atoms with Crippen LogP contribution < -0.4 is 5.32 Å². The molecule has 6 heteroatoms. The lowest BCUT2D eigenvalue weighted by atomic mass is 9.92. The molecule has 0 saturated carbocycles. The monoisotopic (exact) mass is 372 g/mol. The van der Waals surface area contributed by atoms with E-state index in [1.54, 1.807) is 0 Å². The summed E-state index contributed by atoms with van der Waals surface area (Å²) in [4.78, 5) is 15.2. The van der Waals surface area contributed by atoms with Crippen molar-refractivity contribution in [1.82, 2.24) is 19.9 Å². The van der Waals surface area contributed by atoms with Crippen LogP contribution in [0.25, 0.3) is 5.82 Å². The third-order valence-corrected chi connectivity index (χ3v) is 5.40. The number of nitrogens with zero attached hydrogens (tertiary/aromatic N) is 3. The highest BCUT2D eigenvalue weighted by molar-refractivity contribution is 5.95. The summed E-state index contributed by atoms with van der Waals surface area (Å²) in [5.41, 5.74) is 2.56. The van der Waals surface area contributed by atoms with Gasteiger partial charge in [-0.05, 0) is 58.1 Å². The normalized spacial score (nSPS) is 20.8. The van der Waals surface area contributed by atoms with Crippen LogP contribution in [0.15, 0.2) is 16.7 Å². The first kappa shape index (κ1) is 19.7. The highest BCUT2D eigenvalue weighted by Gasteiger charge is 2.21. The Balaban J connectivity index is 1.54. The summed E-state index contributed by atoms with van der Waals surface area (Å²) >= 11 is 0. The Morgan fingerprint density at radius 2 is 1.93 bits per heavy atom. The number of hydrogen-bond donors (Lipinski definition) is 1. The van der Waals surface area contributed by atoms with Crippen molar-refractivity contribution in [3.05, 3.63) is 34.8 Å². The lowest BCUT2D eigenvalue weighted by Crippen LogP contribution is -2.40. The molecule has 1 aliphatic rings. The summed E-state index contributed by atoms with van der Waals surface area (Å²) in [6, 6.07) is 3.80. The average molecular weight is 373 g/mol. The maximum absolute atomic E-state index is 12.6. The summed E-state index contributed by atoms with van der Waals surface area (Å²) in [5.74, 6) is 3.00. The molecule has 0 radical (unpaired) electrons. The second-order valence-electron chi connectivity index (χ2n) is 8.23. The number of aryl methyl sites for hydroxylation is 2. The molecular formula is C21H32N4O2. The Hall–Kier alpha value is -2.08. The largest absolute Gasteiger partial charge is 0.360 e. The van der Waals surface area contributed by atoms with E-state index in [0.29, 0.717) is 12.1 Å². The van der Waals surface area contributed by atoms with Crippen molar-refractivity contribution < 1.29 is 9.32 Å². The summed E-state index contributed by atoms with van der Waals surface area (Å²) in [7, 11) is 0. The van der Waals surface area contributed by atoms with E-state index in [2.05, 4.69) is 29.2 Å². The van der Waals surface area contributed by atoms with E-state index in [0.717, 1.165) is 47.8 Å². The third kappa shape index (κ3) is 4.61. The van der Waals surface area contributed by atoms with Crippen LogP contribution in [-0.2, 0) is 0 Å². The summed E-state index contributed by atoms with van der Waals surface area (Å²) in [6.45, 7) is 14.5. The third-order valence-electron chi connectivity index (χ3n) is 5.40. The molecule has 2 aromatic heterocycles. The number of carbonyl (C=O) groups is 1. The van der Waals surface area contributed by atoms with Crippen LogP contribution in [0.5, 0.6) is 0 Å². The van der Waals surface area contributed by atoms with E-state index >= 15 is 0 Å². The topological polar surface area (TPSA) is 63.3 Å². The number of amides is 1. The van der Waals surface area contributed by atoms with Crippen LogP contribution in [0.4, 0.5) is 0 Å². The van der Waals surface area contributed by atoms with Crippen LogP contribution in [0.2, 0.25) is 0 Å². The molecule has 0 aromatic carbocycles. The number of piperidine rings is 1. The molecule has 27 heavy (non-hydrogen) atoms. The van der Waals surface area contributed by atoms with Crippen molar-refractivity contribution in [2.45, 2.75) is 47.5 Å². The fourth-order valence-corrected chi connectivity index (χ4v) is 4.38. The van der Waals surface area contributed by atoms with Gasteiger partial charge in [0.05, 0.1) is 5.56 Å². The summed E-state index contributed by atoms with van der Waals surface area (Å²) in [6.07, 6.45) is 2.31. The maximum atomic E-state index is 12.6. The molecule has 0 aliphatic carbocycles. The van der Waals surface area contributed by atoms with Gasteiger partial charge in [-0.25, -0.2) is 0 Å². The van der Waals surface area contributed by atoms with Gasteiger partial charge in [-0.2, -0.15) is 0 Å². The first-order valence-corrected chi connectivity index (χ1v) is 9.98. The number of hydrogen-bond acceptors (Lipinski definition) is 4. The highest BCUT2D eigenvalue weighted by atomic mass is 16.5. The molecular weight excluding hydrogens is 340 g/mol. The minimum atomic E-state index is -0.0186. The first-order chi connectivity index (χ1) is 12.8. The number of carbonyl (C=O) groups excluding carboxylic acids is 1. The summed E-state index contributed by atoms with van der Waals surface area (Å²) in [5, 5.41) is 7.15. The number of likely N-dealkylation sites (tertiary alicyclic amines) is 1. The van der Waals surface area contributed by atoms with E-state index in [9.17, 15) is 4.79 Å². The smallest absolute Gasteiger partial charge is 0.253 e. The van der Waals surface area contributed by atoms with Gasteiger partial charge in [0.1, 0.15) is 5.76 Å². The zero-order chi connectivity index (χ0) is 19.6. The molecule has 0 spiro atoms.